The molecule has 120 valence electrons. The van der Waals surface area contributed by atoms with Crippen LogP contribution in [0.4, 0.5) is 0 Å². The molecule has 0 saturated carbocycles. The number of phenolic OH excluding ortho intramolecular Hbond substituents is 1. The van der Waals surface area contributed by atoms with Crippen LogP contribution in [0.15, 0.2) is 40.3 Å². The summed E-state index contributed by atoms with van der Waals surface area (Å²) in [5.74, 6) is 0.135. The smallest absolute Gasteiger partial charge is 0.206 e. The van der Waals surface area contributed by atoms with E-state index in [0.29, 0.717) is 22.6 Å². The van der Waals surface area contributed by atoms with Crippen LogP contribution in [-0.4, -0.2) is 28.9 Å². The fourth-order valence-corrected chi connectivity index (χ4v) is 3.41. The number of hydrogen-bond donors (Lipinski definition) is 1. The molecule has 3 rings (SSSR count). The van der Waals surface area contributed by atoms with E-state index in [1.165, 1.54) is 17.6 Å². The van der Waals surface area contributed by atoms with E-state index in [-0.39, 0.29) is 11.5 Å². The van der Waals surface area contributed by atoms with E-state index in [4.69, 9.17) is 4.42 Å². The second kappa shape index (κ2) is 6.56. The molecule has 5 heteroatoms. The van der Waals surface area contributed by atoms with Gasteiger partial charge in [0.05, 0.1) is 10.4 Å². The Balaban J connectivity index is 2.13. The normalized spacial score (nSPS) is 11.4. The number of aromatic hydroxyl groups is 1. The summed E-state index contributed by atoms with van der Waals surface area (Å²) >= 11 is 1.41. The second-order valence-electron chi connectivity index (χ2n) is 5.35. The lowest BCUT2D eigenvalue weighted by Gasteiger charge is -2.19. The van der Waals surface area contributed by atoms with Gasteiger partial charge in [-0.05, 0) is 36.7 Å². The Morgan fingerprint density at radius 2 is 2.04 bits per heavy atom. The topological polar surface area (TPSA) is 53.7 Å². The van der Waals surface area contributed by atoms with Crippen molar-refractivity contribution in [3.63, 3.8) is 0 Å². The first-order chi connectivity index (χ1) is 11.2. The number of phenols is 1. The van der Waals surface area contributed by atoms with Crippen LogP contribution in [0, 0.1) is 0 Å². The zero-order valence-electron chi connectivity index (χ0n) is 13.2. The lowest BCUT2D eigenvalue weighted by molar-refractivity contribution is 0.104. The number of thiophene rings is 1. The summed E-state index contributed by atoms with van der Waals surface area (Å²) in [5, 5.41) is 12.9. The average molecular weight is 329 g/mol. The van der Waals surface area contributed by atoms with Crippen LogP contribution in [0.1, 0.15) is 34.6 Å². The summed E-state index contributed by atoms with van der Waals surface area (Å²) < 4.78 is 5.57. The molecule has 3 aromatic rings. The monoisotopic (exact) mass is 329 g/mol. The third-order valence-corrected chi connectivity index (χ3v) is 4.96. The van der Waals surface area contributed by atoms with E-state index >= 15 is 0 Å². The van der Waals surface area contributed by atoms with Gasteiger partial charge in [-0.3, -0.25) is 9.69 Å². The third kappa shape index (κ3) is 2.90. The van der Waals surface area contributed by atoms with Gasteiger partial charge >= 0.3 is 0 Å². The van der Waals surface area contributed by atoms with Crippen molar-refractivity contribution in [3.8, 4) is 5.75 Å². The minimum Gasteiger partial charge on any atom is -0.508 e. The molecule has 0 saturated heterocycles. The Hall–Kier alpha value is -2.11. The zero-order chi connectivity index (χ0) is 16.4. The highest BCUT2D eigenvalue weighted by Crippen LogP contribution is 2.34. The van der Waals surface area contributed by atoms with Gasteiger partial charge in [0, 0.05) is 17.5 Å². The van der Waals surface area contributed by atoms with Gasteiger partial charge in [0.1, 0.15) is 17.6 Å². The van der Waals surface area contributed by atoms with E-state index < -0.39 is 0 Å². The van der Waals surface area contributed by atoms with Crippen LogP contribution in [0.3, 0.4) is 0 Å². The van der Waals surface area contributed by atoms with Crippen molar-refractivity contribution in [2.45, 2.75) is 20.4 Å². The van der Waals surface area contributed by atoms with Crippen molar-refractivity contribution in [3.05, 3.63) is 51.9 Å². The van der Waals surface area contributed by atoms with Crippen LogP contribution < -0.4 is 0 Å². The molecule has 1 N–H and O–H groups in total. The number of benzene rings is 1. The number of nitrogens with zero attached hydrogens (tertiary/aromatic N) is 1. The van der Waals surface area contributed by atoms with Crippen LogP contribution in [0.2, 0.25) is 0 Å². The Bertz CT molecular complexity index is 816. The van der Waals surface area contributed by atoms with Crippen LogP contribution in [0.25, 0.3) is 11.0 Å². The van der Waals surface area contributed by atoms with Gasteiger partial charge in [-0.1, -0.05) is 19.9 Å². The van der Waals surface area contributed by atoms with Gasteiger partial charge in [0.2, 0.25) is 5.78 Å². The molecule has 0 unspecified atom stereocenters. The molecule has 4 nitrogen and oxygen atoms in total. The number of hydrogen-bond acceptors (Lipinski definition) is 5. The highest BCUT2D eigenvalue weighted by molar-refractivity contribution is 7.12. The lowest BCUT2D eigenvalue weighted by atomic mass is 10.0. The van der Waals surface area contributed by atoms with Gasteiger partial charge < -0.3 is 9.52 Å². The number of carbonyl (C=O) groups is 1. The van der Waals surface area contributed by atoms with Crippen molar-refractivity contribution in [1.29, 1.82) is 0 Å². The maximum atomic E-state index is 12.7. The molecule has 1 aromatic carbocycles. The van der Waals surface area contributed by atoms with E-state index in [1.807, 2.05) is 11.4 Å². The number of ketones is 1. The van der Waals surface area contributed by atoms with Gasteiger partial charge in [0.25, 0.3) is 0 Å². The summed E-state index contributed by atoms with van der Waals surface area (Å²) in [7, 11) is 0. The molecular weight excluding hydrogens is 310 g/mol. The fourth-order valence-electron chi connectivity index (χ4n) is 2.73. The SMILES string of the molecule is CCN(CC)Cc1c(O)ccc2occ(C(=O)c3cccs3)c12. The first kappa shape index (κ1) is 15.8. The molecule has 0 fully saturated rings. The largest absolute Gasteiger partial charge is 0.508 e. The molecule has 0 bridgehead atoms. The number of rotatable bonds is 6. The van der Waals surface area contributed by atoms with Crippen molar-refractivity contribution >= 4 is 28.1 Å². The van der Waals surface area contributed by atoms with E-state index in [0.717, 1.165) is 24.0 Å². The highest BCUT2D eigenvalue weighted by atomic mass is 32.1. The quantitative estimate of drug-likeness (QED) is 0.686. The summed E-state index contributed by atoms with van der Waals surface area (Å²) in [5.41, 5.74) is 1.89. The Kier molecular flexibility index (Phi) is 4.50. The van der Waals surface area contributed by atoms with Gasteiger partial charge in [-0.2, -0.15) is 0 Å². The minimum atomic E-state index is -0.0647. The molecule has 0 aliphatic rings. The zero-order valence-corrected chi connectivity index (χ0v) is 14.0. The van der Waals surface area contributed by atoms with Crippen molar-refractivity contribution in [2.75, 3.05) is 13.1 Å². The maximum Gasteiger partial charge on any atom is 0.206 e. The van der Waals surface area contributed by atoms with Crippen LogP contribution >= 0.6 is 11.3 Å². The molecule has 0 aliphatic carbocycles. The van der Waals surface area contributed by atoms with Crippen molar-refractivity contribution in [1.82, 2.24) is 4.90 Å². The number of furan rings is 1. The first-order valence-electron chi connectivity index (χ1n) is 7.68. The maximum absolute atomic E-state index is 12.7. The van der Waals surface area contributed by atoms with E-state index in [2.05, 4.69) is 18.7 Å². The Morgan fingerprint density at radius 1 is 1.26 bits per heavy atom. The predicted octanol–water partition coefficient (Wildman–Crippen LogP) is 4.27. The Labute approximate surface area is 139 Å². The highest BCUT2D eigenvalue weighted by Gasteiger charge is 2.21. The summed E-state index contributed by atoms with van der Waals surface area (Å²) in [4.78, 5) is 15.6. The standard InChI is InChI=1S/C18H19NO3S/c1-3-19(4-2)10-12-14(20)7-8-15-17(12)13(11-22-15)18(21)16-6-5-9-23-16/h5-9,11,20H,3-4,10H2,1-2H3. The molecule has 2 aromatic heterocycles. The molecular formula is C18H19NO3S. The molecule has 23 heavy (non-hydrogen) atoms. The lowest BCUT2D eigenvalue weighted by Crippen LogP contribution is -2.22. The summed E-state index contributed by atoms with van der Waals surface area (Å²) in [6, 6.07) is 7.00. The summed E-state index contributed by atoms with van der Waals surface area (Å²) in [6.07, 6.45) is 1.50. The van der Waals surface area contributed by atoms with Crippen LogP contribution in [0.5, 0.6) is 5.75 Å². The Morgan fingerprint density at radius 3 is 2.70 bits per heavy atom. The number of fused-ring (bicyclic) bond motifs is 1. The number of carbonyl (C=O) groups excluding carboxylic acids is 1. The second-order valence-corrected chi connectivity index (χ2v) is 6.30. The minimum absolute atomic E-state index is 0.0647. The first-order valence-corrected chi connectivity index (χ1v) is 8.56. The van der Waals surface area contributed by atoms with Crippen molar-refractivity contribution in [2.24, 2.45) is 0 Å². The van der Waals surface area contributed by atoms with E-state index in [1.54, 1.807) is 18.2 Å². The van der Waals surface area contributed by atoms with Crippen molar-refractivity contribution < 1.29 is 14.3 Å². The molecule has 0 amide bonds. The summed E-state index contributed by atoms with van der Waals surface area (Å²) in [6.45, 7) is 6.48. The third-order valence-electron chi connectivity index (χ3n) is 4.09. The van der Waals surface area contributed by atoms with Gasteiger partial charge in [-0.25, -0.2) is 0 Å². The average Bonchev–Trinajstić information content (AvgIpc) is 3.23. The predicted molar refractivity (Wildman–Crippen MR) is 92.3 cm³/mol. The molecule has 0 aliphatic heterocycles. The van der Waals surface area contributed by atoms with Gasteiger partial charge in [-0.15, -0.1) is 11.3 Å². The van der Waals surface area contributed by atoms with Crippen LogP contribution in [-0.2, 0) is 6.54 Å². The fraction of sp³-hybridized carbons (Fsp3) is 0.278. The molecule has 0 atom stereocenters. The molecule has 0 radical (unpaired) electrons. The molecule has 2 heterocycles. The molecule has 0 spiro atoms. The van der Waals surface area contributed by atoms with Gasteiger partial charge in [0.15, 0.2) is 0 Å². The van der Waals surface area contributed by atoms with E-state index in [9.17, 15) is 9.90 Å².